The molecule has 0 saturated carbocycles. The van der Waals surface area contributed by atoms with Crippen LogP contribution in [0.2, 0.25) is 18.1 Å². The summed E-state index contributed by atoms with van der Waals surface area (Å²) in [6.45, 7) is 16.9. The molecule has 1 fully saturated rings. The van der Waals surface area contributed by atoms with Crippen LogP contribution in [0.1, 0.15) is 57.7 Å². The second-order valence-electron chi connectivity index (χ2n) is 9.17. The molecule has 0 spiro atoms. The van der Waals surface area contributed by atoms with Crippen LogP contribution in [0.3, 0.4) is 0 Å². The highest BCUT2D eigenvalue weighted by Crippen LogP contribution is 2.38. The van der Waals surface area contributed by atoms with E-state index in [1.165, 1.54) is 5.56 Å². The predicted molar refractivity (Wildman–Crippen MR) is 139 cm³/mol. The minimum atomic E-state index is -1.69. The number of hydrogen-bond donors (Lipinski definition) is 1. The Hall–Kier alpha value is -0.423. The Bertz CT molecular complexity index is 679. The van der Waals surface area contributed by atoms with Crippen LogP contribution in [0, 0.1) is 11.8 Å². The molecule has 1 heterocycles. The van der Waals surface area contributed by atoms with Gasteiger partial charge in [-0.05, 0) is 49.3 Å². The molecule has 0 amide bonds. The molecule has 2 rings (SSSR count). The topological polar surface area (TPSA) is 24.5 Å². The fourth-order valence-corrected chi connectivity index (χ4v) is 4.68. The molecule has 1 aromatic carbocycles. The highest BCUT2D eigenvalue weighted by atomic mass is 32.1. The average molecular weight is 455 g/mol. The van der Waals surface area contributed by atoms with E-state index in [4.69, 9.17) is 4.43 Å². The first-order valence-electron chi connectivity index (χ1n) is 10.3. The number of nitrogens with one attached hydrogen (secondary N) is 1. The Balaban J connectivity index is 0.00000392. The van der Waals surface area contributed by atoms with Crippen molar-refractivity contribution in [3.05, 3.63) is 35.4 Å². The first kappa shape index (κ1) is 28.6. The SMILES string of the molecule is CCC#Cc1cccc([C@@H](CN2CC[C@H](O[Si](C)(C)C(C)(C)C)C2)NC)c1.S.S. The molecule has 0 bridgehead atoms. The lowest BCUT2D eigenvalue weighted by molar-refractivity contribution is 0.177. The van der Waals surface area contributed by atoms with Gasteiger partial charge in [-0.2, -0.15) is 27.0 Å². The molecule has 1 aliphatic heterocycles. The van der Waals surface area contributed by atoms with Gasteiger partial charge in [-0.3, -0.25) is 4.90 Å². The predicted octanol–water partition coefficient (Wildman–Crippen LogP) is 5.03. The van der Waals surface area contributed by atoms with E-state index in [0.717, 1.165) is 38.0 Å². The number of rotatable bonds is 6. The van der Waals surface area contributed by atoms with Crippen molar-refractivity contribution in [3.8, 4) is 11.8 Å². The van der Waals surface area contributed by atoms with E-state index in [-0.39, 0.29) is 32.0 Å². The monoisotopic (exact) mass is 454 g/mol. The lowest BCUT2D eigenvalue weighted by atomic mass is 10.0. The molecule has 2 atom stereocenters. The maximum atomic E-state index is 6.64. The second-order valence-corrected chi connectivity index (χ2v) is 13.9. The third-order valence-corrected chi connectivity index (χ3v) is 10.5. The summed E-state index contributed by atoms with van der Waals surface area (Å²) < 4.78 is 6.64. The van der Waals surface area contributed by atoms with Crippen LogP contribution in [0.15, 0.2) is 24.3 Å². The van der Waals surface area contributed by atoms with Crippen LogP contribution < -0.4 is 5.32 Å². The molecular formula is C23H42N2OS2Si. The molecule has 1 saturated heterocycles. The summed E-state index contributed by atoms with van der Waals surface area (Å²) in [4.78, 5) is 2.55. The average Bonchev–Trinajstić information content (AvgIpc) is 3.03. The van der Waals surface area contributed by atoms with Crippen LogP contribution in [-0.2, 0) is 4.43 Å². The highest BCUT2D eigenvalue weighted by molar-refractivity contribution is 7.59. The largest absolute Gasteiger partial charge is 0.413 e. The highest BCUT2D eigenvalue weighted by Gasteiger charge is 2.40. The Morgan fingerprint density at radius 3 is 2.55 bits per heavy atom. The summed E-state index contributed by atoms with van der Waals surface area (Å²) in [5.41, 5.74) is 2.42. The van der Waals surface area contributed by atoms with Crippen molar-refractivity contribution in [1.82, 2.24) is 10.2 Å². The third-order valence-electron chi connectivity index (χ3n) is 5.98. The molecular weight excluding hydrogens is 412 g/mol. The standard InChI is InChI=1S/C23H38N2OSi.2H2S/c1-8-9-11-19-12-10-13-20(16-19)22(24-5)18-25-15-14-21(17-25)26-27(6,7)23(2,3)4;;/h10,12-13,16,21-22,24H,8,14-15,17-18H2,1-7H3;2*1H2/t21-,22+;;/m0../s1. The minimum absolute atomic E-state index is 0. The van der Waals surface area contributed by atoms with Gasteiger partial charge in [0.15, 0.2) is 8.32 Å². The van der Waals surface area contributed by atoms with Gasteiger partial charge in [-0.1, -0.05) is 51.7 Å². The van der Waals surface area contributed by atoms with Gasteiger partial charge in [0.05, 0.1) is 6.10 Å². The van der Waals surface area contributed by atoms with Gasteiger partial charge in [0.1, 0.15) is 0 Å². The van der Waals surface area contributed by atoms with Crippen LogP contribution in [0.25, 0.3) is 0 Å². The first-order chi connectivity index (χ1) is 12.7. The number of likely N-dealkylation sites (N-methyl/N-ethyl adjacent to an activating group) is 1. The van der Waals surface area contributed by atoms with Crippen molar-refractivity contribution in [3.63, 3.8) is 0 Å². The molecule has 0 radical (unpaired) electrons. The van der Waals surface area contributed by atoms with Gasteiger partial charge in [-0.25, -0.2) is 0 Å². The van der Waals surface area contributed by atoms with Crippen molar-refractivity contribution in [1.29, 1.82) is 0 Å². The van der Waals surface area contributed by atoms with E-state index < -0.39 is 8.32 Å². The van der Waals surface area contributed by atoms with Gasteiger partial charge in [0.25, 0.3) is 0 Å². The molecule has 3 nitrogen and oxygen atoms in total. The van der Waals surface area contributed by atoms with Crippen LogP contribution in [0.4, 0.5) is 0 Å². The fourth-order valence-electron chi connectivity index (χ4n) is 3.30. The number of benzene rings is 1. The van der Waals surface area contributed by atoms with Gasteiger partial charge < -0.3 is 9.74 Å². The first-order valence-corrected chi connectivity index (χ1v) is 13.2. The third kappa shape index (κ3) is 8.32. The summed E-state index contributed by atoms with van der Waals surface area (Å²) >= 11 is 0. The van der Waals surface area contributed by atoms with Crippen LogP contribution >= 0.6 is 27.0 Å². The Morgan fingerprint density at radius 2 is 1.97 bits per heavy atom. The molecule has 166 valence electrons. The van der Waals surface area contributed by atoms with E-state index in [2.05, 4.69) is 94.2 Å². The minimum Gasteiger partial charge on any atom is -0.413 e. The molecule has 1 aliphatic rings. The zero-order valence-corrected chi connectivity index (χ0v) is 22.4. The molecule has 0 aliphatic carbocycles. The Kier molecular flexibility index (Phi) is 12.3. The van der Waals surface area contributed by atoms with Crippen molar-refractivity contribution in [2.45, 2.75) is 70.8 Å². The summed E-state index contributed by atoms with van der Waals surface area (Å²) in [5, 5.41) is 3.77. The van der Waals surface area contributed by atoms with Crippen LogP contribution in [0.5, 0.6) is 0 Å². The molecule has 6 heteroatoms. The second kappa shape index (κ2) is 12.4. The molecule has 0 aromatic heterocycles. The van der Waals surface area contributed by atoms with Gasteiger partial charge in [0, 0.05) is 37.7 Å². The van der Waals surface area contributed by atoms with Crippen LogP contribution in [-0.4, -0.2) is 46.0 Å². The zero-order chi connectivity index (χ0) is 20.1. The quantitative estimate of drug-likeness (QED) is 0.482. The smallest absolute Gasteiger partial charge is 0.192 e. The molecule has 0 unspecified atom stereocenters. The Morgan fingerprint density at radius 1 is 1.28 bits per heavy atom. The summed E-state index contributed by atoms with van der Waals surface area (Å²) in [6, 6.07) is 8.96. The number of likely N-dealkylation sites (tertiary alicyclic amines) is 1. The zero-order valence-electron chi connectivity index (χ0n) is 19.4. The van der Waals surface area contributed by atoms with Gasteiger partial charge in [0.2, 0.25) is 0 Å². The number of hydrogen-bond acceptors (Lipinski definition) is 3. The lowest BCUT2D eigenvalue weighted by Crippen LogP contribution is -2.44. The van der Waals surface area contributed by atoms with Crippen molar-refractivity contribution < 1.29 is 4.43 Å². The molecule has 29 heavy (non-hydrogen) atoms. The summed E-state index contributed by atoms with van der Waals surface area (Å²) in [7, 11) is 0.361. The maximum Gasteiger partial charge on any atom is 0.192 e. The lowest BCUT2D eigenvalue weighted by Gasteiger charge is -2.38. The summed E-state index contributed by atoms with van der Waals surface area (Å²) in [5.74, 6) is 6.42. The van der Waals surface area contributed by atoms with Crippen molar-refractivity contribution >= 4 is 35.3 Å². The van der Waals surface area contributed by atoms with E-state index in [0.29, 0.717) is 12.1 Å². The normalized spacial score (nSPS) is 18.2. The van der Waals surface area contributed by atoms with E-state index in [1.807, 2.05) is 0 Å². The van der Waals surface area contributed by atoms with Crippen molar-refractivity contribution in [2.24, 2.45) is 0 Å². The summed E-state index contributed by atoms with van der Waals surface area (Å²) in [6.07, 6.45) is 2.42. The van der Waals surface area contributed by atoms with Crippen molar-refractivity contribution in [2.75, 3.05) is 26.7 Å². The molecule has 1 N–H and O–H groups in total. The van der Waals surface area contributed by atoms with E-state index >= 15 is 0 Å². The number of nitrogens with zero attached hydrogens (tertiary/aromatic N) is 1. The van der Waals surface area contributed by atoms with Gasteiger partial charge >= 0.3 is 0 Å². The molecule has 1 aromatic rings. The maximum absolute atomic E-state index is 6.64. The Labute approximate surface area is 194 Å². The fraction of sp³-hybridized carbons (Fsp3) is 0.652. The van der Waals surface area contributed by atoms with E-state index in [9.17, 15) is 0 Å². The van der Waals surface area contributed by atoms with E-state index in [1.54, 1.807) is 0 Å². The van der Waals surface area contributed by atoms with Gasteiger partial charge in [-0.15, -0.1) is 0 Å².